The summed E-state index contributed by atoms with van der Waals surface area (Å²) >= 11 is 6.41. The normalized spacial score (nSPS) is 33.3. The lowest BCUT2D eigenvalue weighted by Gasteiger charge is -2.43. The fourth-order valence-electron chi connectivity index (χ4n) is 6.51. The van der Waals surface area contributed by atoms with Gasteiger partial charge in [-0.15, -0.1) is 0 Å². The van der Waals surface area contributed by atoms with Gasteiger partial charge in [0.2, 0.25) is 10.0 Å². The number of rotatable bonds is 1. The maximum absolute atomic E-state index is 13.3. The first-order chi connectivity index (χ1) is 19.6. The molecule has 0 spiro atoms. The van der Waals surface area contributed by atoms with Crippen molar-refractivity contribution < 1.29 is 22.7 Å². The largest absolute Gasteiger partial charge is 0.490 e. The van der Waals surface area contributed by atoms with Crippen LogP contribution in [-0.2, 0) is 14.8 Å². The van der Waals surface area contributed by atoms with Crippen LogP contribution in [0, 0.1) is 17.3 Å². The van der Waals surface area contributed by atoms with Crippen molar-refractivity contribution in [2.24, 2.45) is 17.3 Å². The minimum Gasteiger partial charge on any atom is -0.490 e. The second-order valence-corrected chi connectivity index (χ2v) is 14.9. The third-order valence-corrected chi connectivity index (χ3v) is 11.6. The van der Waals surface area contributed by atoms with Gasteiger partial charge in [-0.05, 0) is 94.4 Å². The van der Waals surface area contributed by atoms with Crippen molar-refractivity contribution in [1.29, 1.82) is 0 Å². The molecular formula is C32H43ClN2O5S. The maximum Gasteiger partial charge on any atom is 0.264 e. The SMILES string of the molecule is CO[C@H]1/C=C/CC[C@@H](C)S(=O)(=O)NC(=O)c2ccc3c(c2)N(CCCCC2=CC(Cl)=CCC2(C)CO3)C[C@@H]2CC[C@H]21. The fourth-order valence-corrected chi connectivity index (χ4v) is 7.74. The number of allylic oxidation sites excluding steroid dienone is 4. The lowest BCUT2D eigenvalue weighted by Crippen LogP contribution is -2.44. The zero-order valence-electron chi connectivity index (χ0n) is 24.4. The van der Waals surface area contributed by atoms with Crippen molar-refractivity contribution in [2.75, 3.05) is 31.7 Å². The molecule has 0 saturated heterocycles. The summed E-state index contributed by atoms with van der Waals surface area (Å²) in [7, 11) is -2.08. The Labute approximate surface area is 250 Å². The average Bonchev–Trinajstić information content (AvgIpc) is 2.95. The topological polar surface area (TPSA) is 84.9 Å². The van der Waals surface area contributed by atoms with Crippen LogP contribution in [0.4, 0.5) is 5.69 Å². The number of nitrogens with one attached hydrogen (secondary N) is 1. The number of ether oxygens (including phenoxy) is 2. The number of halogens is 1. The monoisotopic (exact) mass is 602 g/mol. The zero-order chi connectivity index (χ0) is 29.2. The molecule has 4 aliphatic rings. The van der Waals surface area contributed by atoms with Crippen molar-refractivity contribution in [3.63, 3.8) is 0 Å². The molecule has 5 rings (SSSR count). The van der Waals surface area contributed by atoms with Gasteiger partial charge in [0.15, 0.2) is 0 Å². The molecule has 1 amide bonds. The molecule has 2 bridgehead atoms. The van der Waals surface area contributed by atoms with Crippen LogP contribution >= 0.6 is 11.6 Å². The first kappa shape index (κ1) is 30.2. The molecule has 1 N–H and O–H groups in total. The number of methoxy groups -OCH3 is 1. The molecule has 224 valence electrons. The van der Waals surface area contributed by atoms with E-state index in [1.165, 1.54) is 5.57 Å². The van der Waals surface area contributed by atoms with Crippen LogP contribution in [0.5, 0.6) is 5.75 Å². The standard InChI is InChI=1S/C32H43ClN2O5S/c1-22-8-4-5-10-29(39-3)27-13-11-24(27)20-35-17-7-6-9-25-19-26(33)15-16-32(25,2)21-40-30-14-12-23(18-28(30)35)31(36)34-41(22,37)38/h5,10,12,14-15,18-19,22,24,27,29H,4,6-9,11,13,16-17,20-21H2,1-3H3,(H,34,36)/b10-5+/t22-,24+,27-,29+,32?/m1/s1. The van der Waals surface area contributed by atoms with Gasteiger partial charge in [0, 0.05) is 36.2 Å². The Balaban J connectivity index is 1.53. The molecule has 1 aromatic rings. The van der Waals surface area contributed by atoms with Gasteiger partial charge >= 0.3 is 0 Å². The average molecular weight is 603 g/mol. The molecule has 41 heavy (non-hydrogen) atoms. The molecule has 9 heteroatoms. The van der Waals surface area contributed by atoms with Crippen molar-refractivity contribution in [2.45, 2.75) is 76.6 Å². The first-order valence-corrected chi connectivity index (χ1v) is 16.9. The molecule has 1 unspecified atom stereocenters. The second-order valence-electron chi connectivity index (χ2n) is 12.4. The van der Waals surface area contributed by atoms with E-state index in [4.69, 9.17) is 21.1 Å². The Kier molecular flexibility index (Phi) is 9.22. The van der Waals surface area contributed by atoms with Crippen LogP contribution in [-0.4, -0.2) is 52.5 Å². The fraction of sp³-hybridized carbons (Fsp3) is 0.594. The molecule has 0 aromatic heterocycles. The Bertz CT molecular complexity index is 1340. The third-order valence-electron chi connectivity index (χ3n) is 9.52. The van der Waals surface area contributed by atoms with Crippen LogP contribution < -0.4 is 14.4 Å². The van der Waals surface area contributed by atoms with Gasteiger partial charge in [-0.2, -0.15) is 0 Å². The Morgan fingerprint density at radius 1 is 1.20 bits per heavy atom. The highest BCUT2D eigenvalue weighted by Crippen LogP contribution is 2.44. The molecule has 1 fully saturated rings. The van der Waals surface area contributed by atoms with Gasteiger partial charge in [0.05, 0.1) is 23.6 Å². The second kappa shape index (κ2) is 12.5. The van der Waals surface area contributed by atoms with Crippen LogP contribution in [0.15, 0.2) is 53.1 Å². The number of carbonyl (C=O) groups is 1. The summed E-state index contributed by atoms with van der Waals surface area (Å²) in [5, 5.41) is 0.0821. The summed E-state index contributed by atoms with van der Waals surface area (Å²) in [5.74, 6) is 0.931. The summed E-state index contributed by atoms with van der Waals surface area (Å²) in [5.41, 5.74) is 2.30. The molecular weight excluding hydrogens is 560 g/mol. The summed E-state index contributed by atoms with van der Waals surface area (Å²) in [4.78, 5) is 15.6. The molecule has 1 saturated carbocycles. The number of sulfonamides is 1. The van der Waals surface area contributed by atoms with Gasteiger partial charge in [-0.1, -0.05) is 42.3 Å². The van der Waals surface area contributed by atoms with Gasteiger partial charge in [-0.3, -0.25) is 4.79 Å². The highest BCUT2D eigenvalue weighted by atomic mass is 35.5. The smallest absolute Gasteiger partial charge is 0.264 e. The lowest BCUT2D eigenvalue weighted by molar-refractivity contribution is 0.0134. The number of benzene rings is 1. The molecule has 0 radical (unpaired) electrons. The summed E-state index contributed by atoms with van der Waals surface area (Å²) in [6.07, 6.45) is 15.3. The van der Waals surface area contributed by atoms with E-state index in [9.17, 15) is 13.2 Å². The number of carbonyl (C=O) groups excluding carboxylic acids is 1. The predicted octanol–water partition coefficient (Wildman–Crippen LogP) is 6.35. The van der Waals surface area contributed by atoms with E-state index in [0.29, 0.717) is 42.6 Å². The first-order valence-electron chi connectivity index (χ1n) is 14.9. The summed E-state index contributed by atoms with van der Waals surface area (Å²) in [6, 6.07) is 5.31. The van der Waals surface area contributed by atoms with Crippen LogP contribution in [0.25, 0.3) is 0 Å². The van der Waals surface area contributed by atoms with E-state index in [0.717, 1.165) is 62.3 Å². The number of hydrogen-bond donors (Lipinski definition) is 1. The number of hydrogen-bond acceptors (Lipinski definition) is 6. The van der Waals surface area contributed by atoms with Crippen molar-refractivity contribution >= 4 is 33.2 Å². The van der Waals surface area contributed by atoms with E-state index in [1.807, 2.05) is 18.2 Å². The molecule has 2 aliphatic carbocycles. The van der Waals surface area contributed by atoms with Gasteiger partial charge in [0.1, 0.15) is 5.75 Å². The van der Waals surface area contributed by atoms with Crippen molar-refractivity contribution in [3.8, 4) is 5.75 Å². The van der Waals surface area contributed by atoms with E-state index in [-0.39, 0.29) is 11.5 Å². The van der Waals surface area contributed by atoms with Crippen molar-refractivity contribution in [3.05, 3.63) is 58.7 Å². The Hall–Kier alpha value is -2.29. The highest BCUT2D eigenvalue weighted by molar-refractivity contribution is 7.90. The molecule has 2 aliphatic heterocycles. The highest BCUT2D eigenvalue weighted by Gasteiger charge is 2.38. The van der Waals surface area contributed by atoms with Gasteiger partial charge in [-0.25, -0.2) is 13.1 Å². The van der Waals surface area contributed by atoms with E-state index in [1.54, 1.807) is 20.1 Å². The van der Waals surface area contributed by atoms with Gasteiger partial charge in [0.25, 0.3) is 5.91 Å². The number of nitrogens with zero attached hydrogens (tertiary/aromatic N) is 1. The summed E-state index contributed by atoms with van der Waals surface area (Å²) in [6.45, 7) is 5.98. The van der Waals surface area contributed by atoms with E-state index >= 15 is 0 Å². The van der Waals surface area contributed by atoms with Crippen molar-refractivity contribution in [1.82, 2.24) is 4.72 Å². The van der Waals surface area contributed by atoms with Crippen LogP contribution in [0.2, 0.25) is 0 Å². The van der Waals surface area contributed by atoms with Crippen LogP contribution in [0.1, 0.15) is 75.6 Å². The third kappa shape index (κ3) is 6.70. The van der Waals surface area contributed by atoms with E-state index in [2.05, 4.69) is 34.8 Å². The number of fused-ring (bicyclic) bond motifs is 3. The lowest BCUT2D eigenvalue weighted by atomic mass is 9.70. The van der Waals surface area contributed by atoms with E-state index < -0.39 is 21.2 Å². The minimum atomic E-state index is -3.84. The van der Waals surface area contributed by atoms with Crippen LogP contribution in [0.3, 0.4) is 0 Å². The summed E-state index contributed by atoms with van der Waals surface area (Å²) < 4.78 is 40.8. The minimum absolute atomic E-state index is 0.00785. The molecule has 2 heterocycles. The maximum atomic E-state index is 13.3. The van der Waals surface area contributed by atoms with Gasteiger partial charge < -0.3 is 14.4 Å². The predicted molar refractivity (Wildman–Crippen MR) is 164 cm³/mol. The molecule has 7 nitrogen and oxygen atoms in total. The Morgan fingerprint density at radius 3 is 2.78 bits per heavy atom. The molecule has 5 atom stereocenters. The number of anilines is 1. The quantitative estimate of drug-likeness (QED) is 0.377. The molecule has 1 aromatic carbocycles. The number of amides is 1. The zero-order valence-corrected chi connectivity index (χ0v) is 26.0. The Morgan fingerprint density at radius 2 is 2.02 bits per heavy atom.